The fourth-order valence-electron chi connectivity index (χ4n) is 12.8. The zero-order valence-corrected chi connectivity index (χ0v) is 41.1. The predicted octanol–water partition coefficient (Wildman–Crippen LogP) is 3.37. The molecule has 1 saturated carbocycles. The van der Waals surface area contributed by atoms with Gasteiger partial charge in [0.05, 0.1) is 67.3 Å². The number of fused-ring (bicyclic) bond motifs is 3. The lowest BCUT2D eigenvalue weighted by Gasteiger charge is -2.51. The summed E-state index contributed by atoms with van der Waals surface area (Å²) in [7, 11) is 6.34. The van der Waals surface area contributed by atoms with Gasteiger partial charge < -0.3 is 81.3 Å². The topological polar surface area (TPSA) is 213 Å². The molecule has 2 N–H and O–H groups in total. The predicted molar refractivity (Wildman–Crippen MR) is 234 cm³/mol. The van der Waals surface area contributed by atoms with Crippen molar-refractivity contribution in [2.45, 2.75) is 215 Å². The molecule has 7 fully saturated rings. The largest absolute Gasteiger partial charge is 0.459 e. The fraction of sp³-hybridized carbons (Fsp3) is 0.878. The van der Waals surface area contributed by atoms with E-state index in [1.54, 1.807) is 35.2 Å². The van der Waals surface area contributed by atoms with Gasteiger partial charge in [-0.05, 0) is 71.1 Å². The molecule has 0 aromatic carbocycles. The molecule has 19 heteroatoms. The first-order chi connectivity index (χ1) is 32.5. The smallest absolute Gasteiger partial charge is 0.336 e. The van der Waals surface area contributed by atoms with Crippen molar-refractivity contribution < 1.29 is 90.9 Å². The second kappa shape index (κ2) is 20.4. The summed E-state index contributed by atoms with van der Waals surface area (Å²) in [5, 5.41) is 22.2. The molecule has 384 valence electrons. The third-order valence-electron chi connectivity index (χ3n) is 16.7. The first kappa shape index (κ1) is 50.7. The van der Waals surface area contributed by atoms with Crippen molar-refractivity contribution in [3.63, 3.8) is 0 Å². The highest BCUT2D eigenvalue weighted by molar-refractivity contribution is 5.92. The number of hydrogen-bond acceptors (Lipinski definition) is 19. The van der Waals surface area contributed by atoms with Gasteiger partial charge in [-0.2, -0.15) is 0 Å². The summed E-state index contributed by atoms with van der Waals surface area (Å²) >= 11 is 0. The van der Waals surface area contributed by atoms with Crippen LogP contribution in [0.25, 0.3) is 0 Å². The molecule has 0 aromatic heterocycles. The molecule has 0 aromatic rings. The Kier molecular flexibility index (Phi) is 15.2. The van der Waals surface area contributed by atoms with E-state index in [1.807, 2.05) is 26.8 Å². The van der Waals surface area contributed by atoms with E-state index < -0.39 is 122 Å². The Morgan fingerprint density at radius 3 is 1.87 bits per heavy atom. The number of methoxy groups -OCH3 is 4. The number of ether oxygens (including phenoxy) is 15. The minimum atomic E-state index is -1.18. The van der Waals surface area contributed by atoms with Crippen LogP contribution in [0.1, 0.15) is 92.9 Å². The number of esters is 2. The molecule has 9 rings (SSSR count). The van der Waals surface area contributed by atoms with E-state index >= 15 is 0 Å². The summed E-state index contributed by atoms with van der Waals surface area (Å²) in [6.45, 7) is 11.6. The van der Waals surface area contributed by atoms with E-state index in [-0.39, 0.29) is 42.0 Å². The number of aliphatic hydroxyl groups excluding tert-OH is 2. The van der Waals surface area contributed by atoms with Crippen LogP contribution in [0.3, 0.4) is 0 Å². The van der Waals surface area contributed by atoms with Crippen LogP contribution < -0.4 is 0 Å². The Balaban J connectivity index is 0.787. The second-order valence-electron chi connectivity index (χ2n) is 20.7. The van der Waals surface area contributed by atoms with Crippen LogP contribution in [0.4, 0.5) is 0 Å². The lowest BCUT2D eigenvalue weighted by Crippen LogP contribution is -2.61. The van der Waals surface area contributed by atoms with Gasteiger partial charge in [0.1, 0.15) is 42.7 Å². The van der Waals surface area contributed by atoms with Crippen molar-refractivity contribution in [2.75, 3.05) is 35.0 Å². The molecule has 6 saturated heterocycles. The highest BCUT2D eigenvalue weighted by Crippen LogP contribution is 2.57. The summed E-state index contributed by atoms with van der Waals surface area (Å²) in [5.74, 6) is -2.71. The minimum absolute atomic E-state index is 0.0892. The van der Waals surface area contributed by atoms with Crippen molar-refractivity contribution in [1.29, 1.82) is 0 Å². The van der Waals surface area contributed by atoms with Crippen LogP contribution in [0, 0.1) is 23.2 Å². The van der Waals surface area contributed by atoms with Gasteiger partial charge in [-0.1, -0.05) is 24.6 Å². The molecule has 68 heavy (non-hydrogen) atoms. The molecule has 0 radical (unpaired) electrons. The molecule has 24 atom stereocenters. The Labute approximate surface area is 398 Å². The zero-order chi connectivity index (χ0) is 48.4. The molecule has 7 heterocycles. The average Bonchev–Trinajstić information content (AvgIpc) is 3.77. The lowest BCUT2D eigenvalue weighted by atomic mass is 9.55. The SMILES string of the molecule is CO[C@@H]1[C@@H](O)[C@H](O[C@H]2CC[C@@]3(C)C(=CCC4C(=O)O[C@@H]5CO[C@]6(C)OC(=O)/C(=C/C[C@@H]43)[C@H]56)C2)O[C@H](C)[C@H]1O[C@H]1C[C@H](OC)[C@H](O[C@H]2C[C@H](OC)[C@H](O[C@H]3C[C@H](OC)[C@H](O)[C@H](C)O3)[C@@H](C)O2)[C@@H](C)O1. The average molecular weight is 967 g/mol. The Hall–Kier alpha value is -2.18. The number of carbonyl (C=O) groups is 2. The van der Waals surface area contributed by atoms with Gasteiger partial charge in [0.2, 0.25) is 5.79 Å². The summed E-state index contributed by atoms with van der Waals surface area (Å²) in [4.78, 5) is 26.8. The lowest BCUT2D eigenvalue weighted by molar-refractivity contribution is -0.357. The quantitative estimate of drug-likeness (QED) is 0.212. The number of carbonyl (C=O) groups excluding carboxylic acids is 2. The second-order valence-corrected chi connectivity index (χ2v) is 20.7. The maximum Gasteiger partial charge on any atom is 0.336 e. The molecular weight excluding hydrogens is 893 g/mol. The molecule has 0 spiro atoms. The van der Waals surface area contributed by atoms with Crippen LogP contribution >= 0.6 is 0 Å². The number of aliphatic hydroxyl groups is 2. The van der Waals surface area contributed by atoms with Gasteiger partial charge >= 0.3 is 11.9 Å². The normalized spacial score (nSPS) is 51.4. The van der Waals surface area contributed by atoms with Crippen molar-refractivity contribution >= 4 is 11.9 Å². The van der Waals surface area contributed by atoms with Crippen LogP contribution in [0.2, 0.25) is 0 Å². The van der Waals surface area contributed by atoms with Crippen LogP contribution in [-0.4, -0.2) is 180 Å². The van der Waals surface area contributed by atoms with Gasteiger partial charge in [0.15, 0.2) is 25.2 Å². The van der Waals surface area contributed by atoms with Gasteiger partial charge in [-0.3, -0.25) is 4.79 Å². The van der Waals surface area contributed by atoms with E-state index in [2.05, 4.69) is 13.0 Å². The van der Waals surface area contributed by atoms with E-state index in [0.717, 1.165) is 6.42 Å². The van der Waals surface area contributed by atoms with Gasteiger partial charge in [-0.15, -0.1) is 0 Å². The summed E-state index contributed by atoms with van der Waals surface area (Å²) in [5.41, 5.74) is 1.38. The molecule has 9 aliphatic rings. The number of allylic oxidation sites excluding steroid dienone is 2. The maximum atomic E-state index is 13.8. The first-order valence-electron chi connectivity index (χ1n) is 24.7. The van der Waals surface area contributed by atoms with Crippen molar-refractivity contribution in [3.05, 3.63) is 23.3 Å². The first-order valence-corrected chi connectivity index (χ1v) is 24.7. The van der Waals surface area contributed by atoms with E-state index in [9.17, 15) is 19.8 Å². The van der Waals surface area contributed by atoms with Gasteiger partial charge in [0.25, 0.3) is 0 Å². The molecule has 1 unspecified atom stereocenters. The van der Waals surface area contributed by atoms with Crippen LogP contribution in [0.5, 0.6) is 0 Å². The maximum absolute atomic E-state index is 13.8. The Morgan fingerprint density at radius 1 is 0.662 bits per heavy atom. The third-order valence-corrected chi connectivity index (χ3v) is 16.7. The van der Waals surface area contributed by atoms with Crippen molar-refractivity contribution in [3.8, 4) is 0 Å². The highest BCUT2D eigenvalue weighted by atomic mass is 16.8. The van der Waals surface area contributed by atoms with Crippen LogP contribution in [0.15, 0.2) is 23.3 Å². The standard InChI is InChI=1S/C49H74O19/c1-22-39(50)31(54-7)18-35(59-22)65-41-23(2)60-36(19-32(41)55-8)66-42-24(3)61-37(20-33(42)56-9)67-43-25(4)62-47(40(51)44(43)57-10)63-27-15-16-48(5)26(17-27)11-12-28-30(48)14-13-29-38-34(64-45(28)52)21-58-49(38,6)68-46(29)53/h11,13,22-25,27-28,30-44,47,50-51H,12,14-21H2,1-10H3/b29-13+/t22-,23+,24+,25+,27-,28?,30-,31-,32-,33-,34+,35-,36-,37-,38+,39+,40+,41+,42+,43+,44+,47-,48-,49+/m0/s1. The fourth-order valence-corrected chi connectivity index (χ4v) is 12.8. The summed E-state index contributed by atoms with van der Waals surface area (Å²) in [6.07, 6.45) is -3.20. The molecule has 2 aliphatic carbocycles. The van der Waals surface area contributed by atoms with Crippen molar-refractivity contribution in [1.82, 2.24) is 0 Å². The Morgan fingerprint density at radius 2 is 1.25 bits per heavy atom. The number of hydrogen-bond donors (Lipinski definition) is 2. The van der Waals surface area contributed by atoms with Gasteiger partial charge in [0, 0.05) is 60.2 Å². The summed E-state index contributed by atoms with van der Waals surface area (Å²) < 4.78 is 92.1. The molecule has 19 nitrogen and oxygen atoms in total. The van der Waals surface area contributed by atoms with E-state index in [4.69, 9.17) is 71.1 Å². The van der Waals surface area contributed by atoms with Gasteiger partial charge in [-0.25, -0.2) is 4.79 Å². The van der Waals surface area contributed by atoms with E-state index in [1.165, 1.54) is 12.7 Å². The molecule has 0 bridgehead atoms. The molecule has 7 aliphatic heterocycles. The van der Waals surface area contributed by atoms with Crippen LogP contribution in [-0.2, 0) is 80.6 Å². The molecular formula is C49H74O19. The van der Waals surface area contributed by atoms with E-state index in [0.29, 0.717) is 50.5 Å². The number of rotatable bonds is 12. The highest BCUT2D eigenvalue weighted by Gasteiger charge is 2.62. The molecule has 0 amide bonds. The third kappa shape index (κ3) is 9.50. The summed E-state index contributed by atoms with van der Waals surface area (Å²) in [6, 6.07) is 0. The monoisotopic (exact) mass is 966 g/mol. The Bertz CT molecular complexity index is 1860. The van der Waals surface area contributed by atoms with Crippen molar-refractivity contribution in [2.24, 2.45) is 23.2 Å². The minimum Gasteiger partial charge on any atom is -0.459 e. The zero-order valence-electron chi connectivity index (χ0n) is 41.1.